The maximum absolute atomic E-state index is 13.6. The van der Waals surface area contributed by atoms with Gasteiger partial charge in [-0.3, -0.25) is 14.9 Å². The number of urea groups is 1. The molecule has 0 radical (unpaired) electrons. The molecule has 7 nitrogen and oxygen atoms in total. The van der Waals surface area contributed by atoms with Crippen molar-refractivity contribution in [1.29, 1.82) is 0 Å². The van der Waals surface area contributed by atoms with Crippen molar-refractivity contribution in [2.45, 2.75) is 6.04 Å². The second kappa shape index (κ2) is 10.7. The Hall–Kier alpha value is -3.72. The summed E-state index contributed by atoms with van der Waals surface area (Å²) in [4.78, 5) is 31.6. The van der Waals surface area contributed by atoms with Crippen LogP contribution in [-0.2, 0) is 4.79 Å². The van der Waals surface area contributed by atoms with Crippen molar-refractivity contribution in [1.82, 2.24) is 5.06 Å². The van der Waals surface area contributed by atoms with Gasteiger partial charge < -0.3 is 5.73 Å². The molecule has 3 N–H and O–H groups in total. The minimum absolute atomic E-state index is 0.409. The predicted octanol–water partition coefficient (Wildman–Crippen LogP) is 5.85. The van der Waals surface area contributed by atoms with E-state index >= 15 is 0 Å². The molecule has 4 rings (SSSR count). The molecule has 2 aliphatic rings. The molecule has 9 heteroatoms. The molecule has 176 valence electrons. The van der Waals surface area contributed by atoms with Gasteiger partial charge in [0.25, 0.3) is 5.91 Å². The van der Waals surface area contributed by atoms with E-state index in [2.05, 4.69) is 20.9 Å². The fourth-order valence-electron chi connectivity index (χ4n) is 3.61. The van der Waals surface area contributed by atoms with E-state index in [4.69, 9.17) is 17.3 Å². The van der Waals surface area contributed by atoms with Crippen molar-refractivity contribution in [3.8, 4) is 0 Å². The fraction of sp³-hybridized carbons (Fsp3) is 0.0385. The summed E-state index contributed by atoms with van der Waals surface area (Å²) in [6, 6.07) is 11.6. The fourth-order valence-corrected chi connectivity index (χ4v) is 4.24. The van der Waals surface area contributed by atoms with Crippen LogP contribution in [0, 0.1) is 0 Å². The predicted molar refractivity (Wildman–Crippen MR) is 140 cm³/mol. The Morgan fingerprint density at radius 2 is 1.54 bits per heavy atom. The number of allylic oxidation sites excluding steroid dienone is 8. The highest BCUT2D eigenvalue weighted by Crippen LogP contribution is 2.33. The molecule has 1 aliphatic heterocycles. The summed E-state index contributed by atoms with van der Waals surface area (Å²) in [6.07, 6.45) is 13.6. The highest BCUT2D eigenvalue weighted by atomic mass is 79.9. The summed E-state index contributed by atoms with van der Waals surface area (Å²) in [5.74, 6) is -0.570. The molecular weight excluding hydrogens is 532 g/mol. The molecule has 35 heavy (non-hydrogen) atoms. The lowest BCUT2D eigenvalue weighted by atomic mass is 10.0. The van der Waals surface area contributed by atoms with Crippen LogP contribution in [0.1, 0.15) is 11.6 Å². The van der Waals surface area contributed by atoms with Gasteiger partial charge in [-0.25, -0.2) is 14.9 Å². The van der Waals surface area contributed by atoms with Crippen LogP contribution in [0.15, 0.2) is 118 Å². The van der Waals surface area contributed by atoms with Crippen LogP contribution >= 0.6 is 27.5 Å². The lowest BCUT2D eigenvalue weighted by Crippen LogP contribution is -2.42. The van der Waals surface area contributed by atoms with Crippen molar-refractivity contribution in [3.63, 3.8) is 0 Å². The zero-order valence-corrected chi connectivity index (χ0v) is 20.6. The van der Waals surface area contributed by atoms with Crippen LogP contribution in [0.25, 0.3) is 0 Å². The summed E-state index contributed by atoms with van der Waals surface area (Å²) in [7, 11) is 0. The summed E-state index contributed by atoms with van der Waals surface area (Å²) >= 11 is 9.49. The van der Waals surface area contributed by atoms with Crippen LogP contribution in [0.3, 0.4) is 0 Å². The first-order valence-electron chi connectivity index (χ1n) is 10.5. The highest BCUT2D eigenvalue weighted by Gasteiger charge is 2.33. The number of aliphatic imine (C=N–C) groups is 1. The Morgan fingerprint density at radius 3 is 2.14 bits per heavy atom. The molecule has 3 amide bonds. The maximum Gasteiger partial charge on any atom is 0.320 e. The van der Waals surface area contributed by atoms with Crippen molar-refractivity contribution in [2.24, 2.45) is 10.7 Å². The van der Waals surface area contributed by atoms with E-state index in [9.17, 15) is 14.8 Å². The first-order valence-corrected chi connectivity index (χ1v) is 11.7. The summed E-state index contributed by atoms with van der Waals surface area (Å²) in [5.41, 5.74) is 8.89. The van der Waals surface area contributed by atoms with Crippen molar-refractivity contribution in [3.05, 3.63) is 124 Å². The lowest BCUT2D eigenvalue weighted by molar-refractivity contribution is -0.119. The van der Waals surface area contributed by atoms with Crippen molar-refractivity contribution in [2.75, 3.05) is 4.90 Å². The molecule has 2 aromatic rings. The minimum atomic E-state index is -1.11. The van der Waals surface area contributed by atoms with Crippen molar-refractivity contribution >= 4 is 50.9 Å². The molecule has 1 heterocycles. The molecule has 0 saturated heterocycles. The third-order valence-electron chi connectivity index (χ3n) is 5.29. The number of amides is 3. The van der Waals surface area contributed by atoms with Gasteiger partial charge in [-0.2, -0.15) is 0 Å². The summed E-state index contributed by atoms with van der Waals surface area (Å²) in [5, 5.41) is 10.9. The molecule has 0 fully saturated rings. The summed E-state index contributed by atoms with van der Waals surface area (Å²) in [6.45, 7) is 0. The van der Waals surface area contributed by atoms with Gasteiger partial charge in [0.05, 0.1) is 5.71 Å². The molecular formula is C26H20BrClN4O3. The number of hydrogen-bond donors (Lipinski definition) is 2. The van der Waals surface area contributed by atoms with E-state index < -0.39 is 18.0 Å². The summed E-state index contributed by atoms with van der Waals surface area (Å²) < 4.78 is 0.634. The number of carbonyl (C=O) groups excluding carboxylic acids is 2. The Balaban J connectivity index is 1.71. The molecule has 0 spiro atoms. The molecule has 0 saturated carbocycles. The van der Waals surface area contributed by atoms with Gasteiger partial charge in [0.2, 0.25) is 0 Å². The van der Waals surface area contributed by atoms with Crippen LogP contribution in [0.5, 0.6) is 0 Å². The maximum atomic E-state index is 13.6. The van der Waals surface area contributed by atoms with Gasteiger partial charge in [-0.05, 0) is 71.3 Å². The Morgan fingerprint density at radius 1 is 0.943 bits per heavy atom. The third-order valence-corrected chi connectivity index (χ3v) is 6.26. The highest BCUT2D eigenvalue weighted by molar-refractivity contribution is 9.10. The van der Waals surface area contributed by atoms with Gasteiger partial charge in [-0.1, -0.05) is 57.9 Å². The normalized spacial score (nSPS) is 15.4. The second-order valence-corrected chi connectivity index (χ2v) is 8.86. The van der Waals surface area contributed by atoms with Crippen LogP contribution < -0.4 is 10.6 Å². The van der Waals surface area contributed by atoms with E-state index in [1.54, 1.807) is 66.8 Å². The average Bonchev–Trinajstić information content (AvgIpc) is 2.85. The van der Waals surface area contributed by atoms with E-state index in [1.807, 2.05) is 18.2 Å². The molecule has 1 unspecified atom stereocenters. The van der Waals surface area contributed by atoms with Gasteiger partial charge in [0, 0.05) is 27.6 Å². The van der Waals surface area contributed by atoms with E-state index in [0.29, 0.717) is 26.5 Å². The van der Waals surface area contributed by atoms with Crippen LogP contribution in [-0.4, -0.2) is 27.9 Å². The van der Waals surface area contributed by atoms with Gasteiger partial charge in [-0.15, -0.1) is 0 Å². The minimum Gasteiger partial charge on any atom is -0.351 e. The number of nitrogens with two attached hydrogens (primary N) is 1. The standard InChI is InChI=1S/C26H20BrClN4O3/c27-23-4-2-1-3-22(23)24(32(26(29)34)21-11-7-19(28)8-12-21)25(33)30-20-9-5-17(6-10-20)18-13-15-31(35)16-14-18/h1-16,24,35H,(H2,29,34). The first-order chi connectivity index (χ1) is 16.8. The molecule has 0 bridgehead atoms. The number of rotatable bonds is 4. The quantitative estimate of drug-likeness (QED) is 0.498. The second-order valence-electron chi connectivity index (χ2n) is 7.57. The smallest absolute Gasteiger partial charge is 0.320 e. The number of primary amides is 1. The third kappa shape index (κ3) is 5.68. The van der Waals surface area contributed by atoms with E-state index in [-0.39, 0.29) is 0 Å². The molecule has 1 aliphatic carbocycles. The molecule has 2 aromatic carbocycles. The first kappa shape index (κ1) is 24.4. The van der Waals surface area contributed by atoms with Gasteiger partial charge in [0.15, 0.2) is 0 Å². The molecule has 0 aromatic heterocycles. The largest absolute Gasteiger partial charge is 0.351 e. The van der Waals surface area contributed by atoms with E-state index in [1.165, 1.54) is 17.3 Å². The molecule has 1 atom stereocenters. The SMILES string of the molecule is NC(=O)N(c1ccc(Cl)cc1)C(C(=O)N=C1C=CC(=C2C=CN(O)C=C2)C=C1)c1ccccc1Br. The Kier molecular flexibility index (Phi) is 7.45. The number of carbonyl (C=O) groups is 2. The number of benzene rings is 2. The van der Waals surface area contributed by atoms with E-state index in [0.717, 1.165) is 16.2 Å². The van der Waals surface area contributed by atoms with Crippen LogP contribution in [0.4, 0.5) is 10.5 Å². The Labute approximate surface area is 215 Å². The number of nitrogens with zero attached hydrogens (tertiary/aromatic N) is 3. The number of hydroxylamine groups is 2. The zero-order chi connectivity index (χ0) is 24.9. The average molecular weight is 552 g/mol. The number of halogens is 2. The van der Waals surface area contributed by atoms with Crippen LogP contribution in [0.2, 0.25) is 5.02 Å². The monoisotopic (exact) mass is 550 g/mol. The van der Waals surface area contributed by atoms with Crippen molar-refractivity contribution < 1.29 is 14.8 Å². The zero-order valence-electron chi connectivity index (χ0n) is 18.3. The number of hydrogen-bond acceptors (Lipinski definition) is 4. The van der Waals surface area contributed by atoms with Gasteiger partial charge >= 0.3 is 6.03 Å². The topological polar surface area (TPSA) is 99.2 Å². The lowest BCUT2D eigenvalue weighted by Gasteiger charge is -2.29. The van der Waals surface area contributed by atoms with Gasteiger partial charge in [0.1, 0.15) is 6.04 Å². The Bertz CT molecular complexity index is 1310. The number of anilines is 1.